The Labute approximate surface area is 128 Å². The fourth-order valence-electron chi connectivity index (χ4n) is 2.24. The Morgan fingerprint density at radius 2 is 1.86 bits per heavy atom. The van der Waals surface area contributed by atoms with Crippen molar-refractivity contribution in [2.24, 2.45) is 0 Å². The molecule has 2 aromatic carbocycles. The number of rotatable bonds is 3. The van der Waals surface area contributed by atoms with Gasteiger partial charge in [0.15, 0.2) is 0 Å². The number of hydrogen-bond acceptors (Lipinski definition) is 3. The average molecular weight is 290 g/mol. The van der Waals surface area contributed by atoms with Crippen molar-refractivity contribution in [1.82, 2.24) is 4.98 Å². The van der Waals surface area contributed by atoms with Gasteiger partial charge in [0.25, 0.3) is 0 Å². The van der Waals surface area contributed by atoms with Crippen molar-refractivity contribution in [3.8, 4) is 6.07 Å². The zero-order chi connectivity index (χ0) is 14.7. The second kappa shape index (κ2) is 5.99. The van der Waals surface area contributed by atoms with E-state index in [2.05, 4.69) is 36.2 Å². The smallest absolute Gasteiger partial charge is 0.0999 e. The van der Waals surface area contributed by atoms with E-state index in [-0.39, 0.29) is 0 Å². The van der Waals surface area contributed by atoms with Gasteiger partial charge in [0.2, 0.25) is 0 Å². The number of aromatic nitrogens is 1. The Morgan fingerprint density at radius 3 is 2.67 bits per heavy atom. The van der Waals surface area contributed by atoms with Crippen LogP contribution in [-0.4, -0.2) is 4.98 Å². The highest BCUT2D eigenvalue weighted by Crippen LogP contribution is 2.27. The minimum Gasteiger partial charge on any atom is -0.241 e. The summed E-state index contributed by atoms with van der Waals surface area (Å²) in [5, 5.41) is 11.1. The van der Waals surface area contributed by atoms with E-state index in [9.17, 15) is 5.26 Å². The number of para-hydroxylation sites is 1. The maximum atomic E-state index is 9.30. The lowest BCUT2D eigenvalue weighted by atomic mass is 10.1. The molecule has 0 aliphatic rings. The maximum absolute atomic E-state index is 9.30. The van der Waals surface area contributed by atoms with Crippen molar-refractivity contribution >= 4 is 22.7 Å². The number of nitriles is 1. The quantitative estimate of drug-likeness (QED) is 0.656. The molecule has 0 bridgehead atoms. The first-order chi connectivity index (χ1) is 10.3. The van der Waals surface area contributed by atoms with E-state index in [1.54, 1.807) is 11.8 Å². The Morgan fingerprint density at radius 1 is 1.10 bits per heavy atom. The fourth-order valence-corrected chi connectivity index (χ4v) is 3.23. The van der Waals surface area contributed by atoms with E-state index >= 15 is 0 Å². The summed E-state index contributed by atoms with van der Waals surface area (Å²) in [6.45, 7) is 2.12. The SMILES string of the molecule is Cc1ccccc1CSc1cc(C#N)c2ccccc2n1. The molecule has 3 heteroatoms. The highest BCUT2D eigenvalue weighted by molar-refractivity contribution is 7.98. The molecule has 0 saturated heterocycles. The molecule has 0 fully saturated rings. The summed E-state index contributed by atoms with van der Waals surface area (Å²) in [4.78, 5) is 4.64. The molecule has 102 valence electrons. The van der Waals surface area contributed by atoms with Gasteiger partial charge in [-0.2, -0.15) is 5.26 Å². The van der Waals surface area contributed by atoms with Crippen LogP contribution >= 0.6 is 11.8 Å². The number of pyridine rings is 1. The molecule has 0 radical (unpaired) electrons. The Balaban J connectivity index is 1.91. The van der Waals surface area contributed by atoms with E-state index < -0.39 is 0 Å². The molecular formula is C18H14N2S. The van der Waals surface area contributed by atoms with E-state index in [1.165, 1.54) is 11.1 Å². The zero-order valence-corrected chi connectivity index (χ0v) is 12.5. The van der Waals surface area contributed by atoms with E-state index in [0.29, 0.717) is 5.56 Å². The number of thioether (sulfide) groups is 1. The van der Waals surface area contributed by atoms with Gasteiger partial charge in [0.05, 0.1) is 22.2 Å². The molecule has 0 N–H and O–H groups in total. The normalized spacial score (nSPS) is 10.5. The van der Waals surface area contributed by atoms with Crippen molar-refractivity contribution in [2.45, 2.75) is 17.7 Å². The highest BCUT2D eigenvalue weighted by Gasteiger charge is 2.06. The number of aryl methyl sites for hydroxylation is 1. The second-order valence-electron chi connectivity index (χ2n) is 4.85. The van der Waals surface area contributed by atoms with Gasteiger partial charge in [0.1, 0.15) is 0 Å². The van der Waals surface area contributed by atoms with Gasteiger partial charge in [0, 0.05) is 11.1 Å². The van der Waals surface area contributed by atoms with Crippen molar-refractivity contribution < 1.29 is 0 Å². The topological polar surface area (TPSA) is 36.7 Å². The van der Waals surface area contributed by atoms with Gasteiger partial charge in [-0.3, -0.25) is 0 Å². The van der Waals surface area contributed by atoms with Crippen LogP contribution in [0.5, 0.6) is 0 Å². The predicted octanol–water partition coefficient (Wildman–Crippen LogP) is 4.71. The zero-order valence-electron chi connectivity index (χ0n) is 11.7. The minimum atomic E-state index is 0.688. The van der Waals surface area contributed by atoms with Crippen LogP contribution in [0.15, 0.2) is 59.6 Å². The number of benzene rings is 2. The molecule has 0 aliphatic carbocycles. The van der Waals surface area contributed by atoms with Crippen LogP contribution in [0.25, 0.3) is 10.9 Å². The molecule has 0 aliphatic heterocycles. The summed E-state index contributed by atoms with van der Waals surface area (Å²) in [6.07, 6.45) is 0. The molecule has 1 heterocycles. The first kappa shape index (κ1) is 13.7. The number of fused-ring (bicyclic) bond motifs is 1. The van der Waals surface area contributed by atoms with E-state index in [4.69, 9.17) is 0 Å². The summed E-state index contributed by atoms with van der Waals surface area (Å²) >= 11 is 1.67. The molecule has 3 rings (SSSR count). The van der Waals surface area contributed by atoms with Gasteiger partial charge in [-0.05, 0) is 30.2 Å². The molecule has 0 atom stereocenters. The number of nitrogens with zero attached hydrogens (tertiary/aromatic N) is 2. The Bertz CT molecular complexity index is 834. The largest absolute Gasteiger partial charge is 0.241 e. The van der Waals surface area contributed by atoms with E-state index in [0.717, 1.165) is 21.7 Å². The van der Waals surface area contributed by atoms with Crippen LogP contribution in [0.1, 0.15) is 16.7 Å². The molecule has 0 spiro atoms. The standard InChI is InChI=1S/C18H14N2S/c1-13-6-2-3-7-14(13)12-21-18-10-15(11-19)16-8-4-5-9-17(16)20-18/h2-10H,12H2,1H3. The summed E-state index contributed by atoms with van der Waals surface area (Å²) in [5.41, 5.74) is 4.15. The fraction of sp³-hybridized carbons (Fsp3) is 0.111. The predicted molar refractivity (Wildman–Crippen MR) is 87.2 cm³/mol. The van der Waals surface area contributed by atoms with Gasteiger partial charge in [-0.25, -0.2) is 4.98 Å². The maximum Gasteiger partial charge on any atom is 0.0999 e. The molecule has 1 aromatic heterocycles. The van der Waals surface area contributed by atoms with Crippen LogP contribution < -0.4 is 0 Å². The van der Waals surface area contributed by atoms with Gasteiger partial charge in [-0.1, -0.05) is 42.5 Å². The third-order valence-corrected chi connectivity index (χ3v) is 4.41. The van der Waals surface area contributed by atoms with Crippen LogP contribution in [0, 0.1) is 18.3 Å². The second-order valence-corrected chi connectivity index (χ2v) is 5.85. The van der Waals surface area contributed by atoms with Crippen LogP contribution in [-0.2, 0) is 5.75 Å². The third-order valence-electron chi connectivity index (χ3n) is 3.45. The van der Waals surface area contributed by atoms with Crippen molar-refractivity contribution in [2.75, 3.05) is 0 Å². The highest BCUT2D eigenvalue weighted by atomic mass is 32.2. The molecule has 2 nitrogen and oxygen atoms in total. The Kier molecular flexibility index (Phi) is 3.89. The monoisotopic (exact) mass is 290 g/mol. The van der Waals surface area contributed by atoms with Crippen LogP contribution in [0.4, 0.5) is 0 Å². The van der Waals surface area contributed by atoms with Gasteiger partial charge in [-0.15, -0.1) is 11.8 Å². The Hall–Kier alpha value is -2.31. The van der Waals surface area contributed by atoms with Crippen molar-refractivity contribution in [1.29, 1.82) is 5.26 Å². The molecule has 0 saturated carbocycles. The molecule has 21 heavy (non-hydrogen) atoms. The molecule has 0 unspecified atom stereocenters. The van der Waals surface area contributed by atoms with Crippen LogP contribution in [0.3, 0.4) is 0 Å². The first-order valence-corrected chi connectivity index (χ1v) is 7.73. The third kappa shape index (κ3) is 2.91. The molecule has 3 aromatic rings. The molecule has 0 amide bonds. The molecular weight excluding hydrogens is 276 g/mol. The average Bonchev–Trinajstić information content (AvgIpc) is 2.53. The van der Waals surface area contributed by atoms with Gasteiger partial charge < -0.3 is 0 Å². The van der Waals surface area contributed by atoms with Gasteiger partial charge >= 0.3 is 0 Å². The summed E-state index contributed by atoms with van der Waals surface area (Å²) < 4.78 is 0. The lowest BCUT2D eigenvalue weighted by molar-refractivity contribution is 1.17. The lowest BCUT2D eigenvalue weighted by Gasteiger charge is -2.07. The summed E-state index contributed by atoms with van der Waals surface area (Å²) in [7, 11) is 0. The van der Waals surface area contributed by atoms with Crippen LogP contribution in [0.2, 0.25) is 0 Å². The summed E-state index contributed by atoms with van der Waals surface area (Å²) in [6, 6.07) is 20.3. The summed E-state index contributed by atoms with van der Waals surface area (Å²) in [5.74, 6) is 0.864. The first-order valence-electron chi connectivity index (χ1n) is 6.75. The lowest BCUT2D eigenvalue weighted by Crippen LogP contribution is -1.90. The number of hydrogen-bond donors (Lipinski definition) is 0. The van der Waals surface area contributed by atoms with E-state index in [1.807, 2.05) is 36.4 Å². The van der Waals surface area contributed by atoms with Crippen molar-refractivity contribution in [3.05, 3.63) is 71.3 Å². The minimum absolute atomic E-state index is 0.688. The van der Waals surface area contributed by atoms with Crippen molar-refractivity contribution in [3.63, 3.8) is 0 Å².